The van der Waals surface area contributed by atoms with E-state index in [4.69, 9.17) is 4.74 Å². The van der Waals surface area contributed by atoms with Crippen LogP contribution in [0.15, 0.2) is 66.7 Å². The van der Waals surface area contributed by atoms with Gasteiger partial charge in [-0.05, 0) is 79.3 Å². The second-order valence-electron chi connectivity index (χ2n) is 12.8. The van der Waals surface area contributed by atoms with Gasteiger partial charge in [-0.1, -0.05) is 60.7 Å². The molecule has 3 aromatic rings. The highest BCUT2D eigenvalue weighted by Crippen LogP contribution is 2.64. The fourth-order valence-electron chi connectivity index (χ4n) is 8.37. The summed E-state index contributed by atoms with van der Waals surface area (Å²) < 4.78 is 6.47. The number of piperidine rings is 1. The van der Waals surface area contributed by atoms with Gasteiger partial charge in [-0.15, -0.1) is 0 Å². The van der Waals surface area contributed by atoms with Gasteiger partial charge in [0.25, 0.3) is 5.91 Å². The van der Waals surface area contributed by atoms with Crippen LogP contribution in [-0.2, 0) is 23.1 Å². The first-order valence-electron chi connectivity index (χ1n) is 15.2. The van der Waals surface area contributed by atoms with Gasteiger partial charge in [0.1, 0.15) is 5.75 Å². The van der Waals surface area contributed by atoms with Gasteiger partial charge >= 0.3 is 0 Å². The van der Waals surface area contributed by atoms with Gasteiger partial charge in [0.15, 0.2) is 11.9 Å². The van der Waals surface area contributed by atoms with Crippen molar-refractivity contribution in [2.75, 3.05) is 19.6 Å². The lowest BCUT2D eigenvalue weighted by molar-refractivity contribution is -0.188. The van der Waals surface area contributed by atoms with Crippen molar-refractivity contribution in [2.45, 2.75) is 68.1 Å². The molecule has 2 heterocycles. The SMILES string of the molecule is O=C(NCCc1ccc(-c2ccccc2)cc1)c1ccc2c3c1OC1C(=O)CC[C@@]4(O)C(C2)N(CC2CC2)CCC314. The molecule has 0 aromatic heterocycles. The van der Waals surface area contributed by atoms with E-state index in [0.717, 1.165) is 42.1 Å². The molecule has 3 unspecified atom stereocenters. The van der Waals surface area contributed by atoms with Crippen LogP contribution in [0.4, 0.5) is 0 Å². The number of benzene rings is 3. The Morgan fingerprint density at radius 1 is 1.00 bits per heavy atom. The molecule has 3 aromatic carbocycles. The highest BCUT2D eigenvalue weighted by atomic mass is 16.5. The Morgan fingerprint density at radius 2 is 1.78 bits per heavy atom. The molecule has 2 aliphatic heterocycles. The second-order valence-corrected chi connectivity index (χ2v) is 12.8. The molecule has 4 atom stereocenters. The standard InChI is InChI=1S/C35H36N2O4/c38-28-14-16-35(40)29-20-26-12-13-27(31-30(26)34(35,32(28)41-31)17-19-37(29)21-23-6-7-23)33(39)36-18-15-22-8-10-25(11-9-22)24-4-2-1-3-5-24/h1-5,8-13,23,29,32,40H,6-7,14-21H2,(H,36,39)/t29?,32?,34?,35-/m1/s1. The van der Waals surface area contributed by atoms with E-state index in [1.165, 1.54) is 24.0 Å². The molecule has 3 fully saturated rings. The van der Waals surface area contributed by atoms with E-state index < -0.39 is 17.1 Å². The lowest BCUT2D eigenvalue weighted by Crippen LogP contribution is -2.76. The van der Waals surface area contributed by atoms with Gasteiger partial charge in [0.05, 0.1) is 16.6 Å². The maximum absolute atomic E-state index is 13.5. The van der Waals surface area contributed by atoms with E-state index >= 15 is 0 Å². The Bertz CT molecular complexity index is 1530. The smallest absolute Gasteiger partial charge is 0.255 e. The van der Waals surface area contributed by atoms with Gasteiger partial charge in [-0.2, -0.15) is 0 Å². The Labute approximate surface area is 240 Å². The summed E-state index contributed by atoms with van der Waals surface area (Å²) in [7, 11) is 0. The minimum absolute atomic E-state index is 0.0116. The van der Waals surface area contributed by atoms with Crippen LogP contribution < -0.4 is 10.1 Å². The first kappa shape index (κ1) is 25.2. The number of carbonyl (C=O) groups is 2. The van der Waals surface area contributed by atoms with Gasteiger partial charge in [0.2, 0.25) is 0 Å². The fraction of sp³-hybridized carbons (Fsp3) is 0.429. The lowest BCUT2D eigenvalue weighted by Gasteiger charge is -2.62. The average Bonchev–Trinajstić information content (AvgIpc) is 3.74. The van der Waals surface area contributed by atoms with E-state index in [-0.39, 0.29) is 17.7 Å². The van der Waals surface area contributed by atoms with Crippen LogP contribution in [-0.4, -0.2) is 59.1 Å². The minimum atomic E-state index is -1.02. The Kier molecular flexibility index (Phi) is 5.71. The Morgan fingerprint density at radius 3 is 2.56 bits per heavy atom. The molecule has 6 nitrogen and oxygen atoms in total. The van der Waals surface area contributed by atoms with Crippen molar-refractivity contribution < 1.29 is 19.4 Å². The van der Waals surface area contributed by atoms with Crippen LogP contribution in [0.5, 0.6) is 5.75 Å². The zero-order chi connectivity index (χ0) is 27.8. The molecule has 2 saturated carbocycles. The third-order valence-corrected chi connectivity index (χ3v) is 10.6. The first-order valence-corrected chi connectivity index (χ1v) is 15.2. The summed E-state index contributed by atoms with van der Waals surface area (Å²) in [6.45, 7) is 2.38. The maximum atomic E-state index is 13.5. The lowest BCUT2D eigenvalue weighted by atomic mass is 9.49. The second kappa shape index (κ2) is 9.27. The van der Waals surface area contributed by atoms with Crippen molar-refractivity contribution in [1.29, 1.82) is 0 Å². The van der Waals surface area contributed by atoms with Crippen LogP contribution in [0.3, 0.4) is 0 Å². The van der Waals surface area contributed by atoms with E-state index in [1.807, 2.05) is 24.3 Å². The van der Waals surface area contributed by atoms with Crippen molar-refractivity contribution in [2.24, 2.45) is 5.92 Å². The van der Waals surface area contributed by atoms with Crippen molar-refractivity contribution in [3.63, 3.8) is 0 Å². The molecule has 1 spiro atoms. The first-order chi connectivity index (χ1) is 20.0. The van der Waals surface area contributed by atoms with Crippen molar-refractivity contribution in [1.82, 2.24) is 10.2 Å². The van der Waals surface area contributed by atoms with E-state index in [9.17, 15) is 14.7 Å². The summed E-state index contributed by atoms with van der Waals surface area (Å²) in [5.41, 5.74) is 4.27. The number of aliphatic hydroxyl groups is 1. The van der Waals surface area contributed by atoms with E-state index in [1.54, 1.807) is 0 Å². The largest absolute Gasteiger partial charge is 0.480 e. The highest BCUT2D eigenvalue weighted by Gasteiger charge is 2.73. The summed E-state index contributed by atoms with van der Waals surface area (Å²) in [5.74, 6) is 1.12. The van der Waals surface area contributed by atoms with Crippen LogP contribution in [0.1, 0.15) is 59.2 Å². The highest BCUT2D eigenvalue weighted by molar-refractivity contribution is 5.99. The van der Waals surface area contributed by atoms with Crippen LogP contribution in [0.2, 0.25) is 0 Å². The molecule has 41 heavy (non-hydrogen) atoms. The van der Waals surface area contributed by atoms with Gasteiger partial charge in [-0.3, -0.25) is 14.5 Å². The molecule has 2 bridgehead atoms. The maximum Gasteiger partial charge on any atom is 0.255 e. The van der Waals surface area contributed by atoms with Gasteiger partial charge < -0.3 is 15.2 Å². The number of ether oxygens (including phenoxy) is 1. The normalized spacial score (nSPS) is 29.5. The molecular formula is C35H36N2O4. The molecule has 1 amide bonds. The van der Waals surface area contributed by atoms with Crippen LogP contribution in [0.25, 0.3) is 11.1 Å². The number of likely N-dealkylation sites (tertiary alicyclic amines) is 1. The zero-order valence-electron chi connectivity index (χ0n) is 23.3. The van der Waals surface area contributed by atoms with Crippen LogP contribution in [0, 0.1) is 5.92 Å². The molecule has 1 saturated heterocycles. The topological polar surface area (TPSA) is 78.9 Å². The summed E-state index contributed by atoms with van der Waals surface area (Å²) in [6, 6.07) is 22.6. The molecular weight excluding hydrogens is 512 g/mol. The molecule has 0 radical (unpaired) electrons. The quantitative estimate of drug-likeness (QED) is 0.456. The number of ketones is 1. The number of hydrogen-bond acceptors (Lipinski definition) is 5. The zero-order valence-corrected chi connectivity index (χ0v) is 23.3. The van der Waals surface area contributed by atoms with Crippen molar-refractivity contribution in [3.05, 3.63) is 89.0 Å². The summed E-state index contributed by atoms with van der Waals surface area (Å²) in [4.78, 5) is 29.3. The number of rotatable bonds is 7. The predicted octanol–water partition coefficient (Wildman–Crippen LogP) is 4.46. The predicted molar refractivity (Wildman–Crippen MR) is 156 cm³/mol. The number of hydrogen-bond donors (Lipinski definition) is 2. The van der Waals surface area contributed by atoms with Crippen molar-refractivity contribution >= 4 is 11.7 Å². The molecule has 5 aliphatic rings. The number of nitrogens with one attached hydrogen (secondary N) is 1. The molecule has 2 N–H and O–H groups in total. The average molecular weight is 549 g/mol. The minimum Gasteiger partial charge on any atom is -0.480 e. The number of Topliss-reactive ketones (excluding diaryl/α,β-unsaturated/α-hetero) is 1. The van der Waals surface area contributed by atoms with E-state index in [2.05, 4.69) is 52.7 Å². The van der Waals surface area contributed by atoms with E-state index in [0.29, 0.717) is 43.5 Å². The summed E-state index contributed by atoms with van der Waals surface area (Å²) in [6.07, 6.45) is 4.76. The summed E-state index contributed by atoms with van der Waals surface area (Å²) in [5, 5.41) is 15.5. The Hall–Kier alpha value is -3.48. The third kappa shape index (κ3) is 3.76. The van der Waals surface area contributed by atoms with Crippen LogP contribution >= 0.6 is 0 Å². The monoisotopic (exact) mass is 548 g/mol. The number of nitrogens with zero attached hydrogens (tertiary/aromatic N) is 1. The molecule has 3 aliphatic carbocycles. The molecule has 210 valence electrons. The number of amides is 1. The molecule has 8 rings (SSSR count). The van der Waals surface area contributed by atoms with Gasteiger partial charge in [0, 0.05) is 31.1 Å². The summed E-state index contributed by atoms with van der Waals surface area (Å²) >= 11 is 0. The van der Waals surface area contributed by atoms with Crippen molar-refractivity contribution in [3.8, 4) is 16.9 Å². The number of carbonyl (C=O) groups excluding carboxylic acids is 2. The fourth-order valence-corrected chi connectivity index (χ4v) is 8.37. The van der Waals surface area contributed by atoms with Gasteiger partial charge in [-0.25, -0.2) is 0 Å². The Balaban J connectivity index is 1.04. The molecule has 6 heteroatoms. The third-order valence-electron chi connectivity index (χ3n) is 10.6.